The van der Waals surface area contributed by atoms with Crippen LogP contribution in [0.25, 0.3) is 0 Å². The molecular weight excluding hydrogens is 625 g/mol. The second kappa shape index (κ2) is 10.2. The van der Waals surface area contributed by atoms with Crippen LogP contribution in [0.3, 0.4) is 0 Å². The number of fused-ring (bicyclic) bond motifs is 1. The molecule has 4 bridgehead atoms. The van der Waals surface area contributed by atoms with E-state index in [9.17, 15) is 9.59 Å². The second-order valence-corrected chi connectivity index (χ2v) is 36.3. The van der Waals surface area contributed by atoms with Crippen molar-refractivity contribution in [3.05, 3.63) is 12.2 Å². The molecule has 4 aliphatic carbocycles. The second-order valence-electron chi connectivity index (χ2n) is 18.5. The highest BCUT2D eigenvalue weighted by molar-refractivity contribution is 6.71. The first-order valence-electron chi connectivity index (χ1n) is 16.5. The average molecular weight is 683 g/mol. The van der Waals surface area contributed by atoms with Gasteiger partial charge in [0.1, 0.15) is 11.2 Å². The number of hydrogen-bond donors (Lipinski definition) is 0. The Bertz CT molecular complexity index is 1230. The average Bonchev–Trinajstić information content (AvgIpc) is 3.25. The van der Waals surface area contributed by atoms with Gasteiger partial charge in [0.15, 0.2) is 33.3 Å². The largest absolute Gasteiger partial charge is 0.469 e. The molecule has 44 heavy (non-hydrogen) atoms. The Balaban J connectivity index is 1.75. The molecule has 0 N–H and O–H groups in total. The van der Waals surface area contributed by atoms with Gasteiger partial charge in [0.25, 0.3) is 0 Å². The van der Waals surface area contributed by atoms with Crippen LogP contribution in [-0.2, 0) is 36.8 Å². The first kappa shape index (κ1) is 34.7. The fourth-order valence-corrected chi connectivity index (χ4v) is 15.0. The van der Waals surface area contributed by atoms with Gasteiger partial charge in [-0.25, -0.2) is 0 Å². The SMILES string of the molecule is C=C1C[C@]23C[C@@]1(O[Si](C)(C)C)[C@@H](O[Si](C)(C)C)CC2[C@@]12C[C@H](O[Si](C)(C)C)[C@H](O[Si](C)(C)C)C(C)(C(=O)O1)C2C3C(=O)OC. The van der Waals surface area contributed by atoms with E-state index in [1.807, 2.05) is 6.92 Å². The lowest BCUT2D eigenvalue weighted by atomic mass is 9.58. The van der Waals surface area contributed by atoms with Gasteiger partial charge in [0.05, 0.1) is 36.8 Å². The zero-order chi connectivity index (χ0) is 33.3. The van der Waals surface area contributed by atoms with Gasteiger partial charge in [0.2, 0.25) is 0 Å². The molecule has 5 rings (SSSR count). The van der Waals surface area contributed by atoms with Crippen molar-refractivity contribution in [1.29, 1.82) is 0 Å². The number of hydrogen-bond acceptors (Lipinski definition) is 8. The molecule has 4 saturated carbocycles. The maximum atomic E-state index is 14.4. The first-order valence-corrected chi connectivity index (χ1v) is 30.1. The Morgan fingerprint density at radius 1 is 0.886 bits per heavy atom. The summed E-state index contributed by atoms with van der Waals surface area (Å²) in [7, 11) is -6.90. The smallest absolute Gasteiger partial charge is 0.315 e. The van der Waals surface area contributed by atoms with E-state index < -0.39 is 73.2 Å². The van der Waals surface area contributed by atoms with E-state index in [-0.39, 0.29) is 30.1 Å². The van der Waals surface area contributed by atoms with Crippen LogP contribution < -0.4 is 0 Å². The van der Waals surface area contributed by atoms with Gasteiger partial charge >= 0.3 is 11.9 Å². The van der Waals surface area contributed by atoms with E-state index in [0.717, 1.165) is 5.57 Å². The van der Waals surface area contributed by atoms with E-state index in [4.69, 9.17) is 27.2 Å². The monoisotopic (exact) mass is 682 g/mol. The molecule has 250 valence electrons. The molecule has 1 heterocycles. The van der Waals surface area contributed by atoms with Crippen molar-refractivity contribution >= 4 is 45.2 Å². The molecule has 12 heteroatoms. The summed E-state index contributed by atoms with van der Waals surface area (Å²) < 4.78 is 40.6. The standard InChI is InChI=1S/C32H58O8Si4/c1-20-17-30-19-32(20,40-44(13,14)15)23(38-42(7,8)9)16-22(30)31-18-21(37-41(4,5)6)26(39-43(10,11)12)29(2,28(34)36-31)25(31)24(30)27(33)35-3/h21-26H,1,16-19H2,2-15H3/t21-,22?,23-,24?,25?,26-,29?,30-,31+,32-/m0/s1. The van der Waals surface area contributed by atoms with Gasteiger partial charge in [-0.3, -0.25) is 9.59 Å². The number of esters is 2. The van der Waals surface area contributed by atoms with E-state index in [2.05, 4.69) is 85.1 Å². The molecular formula is C32H58O8Si4. The summed E-state index contributed by atoms with van der Waals surface area (Å²) in [4.78, 5) is 28.7. The molecule has 0 aromatic heterocycles. The maximum Gasteiger partial charge on any atom is 0.315 e. The predicted molar refractivity (Wildman–Crippen MR) is 181 cm³/mol. The Morgan fingerprint density at radius 3 is 1.95 bits per heavy atom. The third kappa shape index (κ3) is 5.25. The van der Waals surface area contributed by atoms with Gasteiger partial charge in [-0.15, -0.1) is 0 Å². The number of ether oxygens (including phenoxy) is 2. The number of methoxy groups -OCH3 is 1. The molecule has 0 radical (unpaired) electrons. The summed E-state index contributed by atoms with van der Waals surface area (Å²) >= 11 is 0. The molecule has 0 aromatic rings. The van der Waals surface area contributed by atoms with E-state index in [1.54, 1.807) is 0 Å². The maximum absolute atomic E-state index is 14.4. The number of carbonyl (C=O) groups excluding carboxylic acids is 2. The third-order valence-electron chi connectivity index (χ3n) is 10.7. The van der Waals surface area contributed by atoms with Crippen LogP contribution >= 0.6 is 0 Å². The molecule has 1 aliphatic heterocycles. The van der Waals surface area contributed by atoms with Gasteiger partial charge in [-0.1, -0.05) is 6.58 Å². The highest BCUT2D eigenvalue weighted by atomic mass is 28.4. The van der Waals surface area contributed by atoms with Gasteiger partial charge in [0, 0.05) is 18.3 Å². The van der Waals surface area contributed by atoms with Gasteiger partial charge in [-0.2, -0.15) is 0 Å². The summed E-state index contributed by atoms with van der Waals surface area (Å²) in [6.07, 6.45) is 1.32. The summed E-state index contributed by atoms with van der Waals surface area (Å²) in [6.45, 7) is 32.9. The summed E-state index contributed by atoms with van der Waals surface area (Å²) in [6, 6.07) is 0. The molecule has 5 fully saturated rings. The Labute approximate surface area is 269 Å². The summed E-state index contributed by atoms with van der Waals surface area (Å²) in [5.74, 6) is -1.65. The normalized spacial score (nSPS) is 43.5. The first-order chi connectivity index (χ1) is 19.7. The van der Waals surface area contributed by atoms with Crippen LogP contribution in [-0.4, -0.2) is 81.8 Å². The van der Waals surface area contributed by atoms with E-state index in [1.165, 1.54) is 7.11 Å². The third-order valence-corrected chi connectivity index (χ3v) is 14.6. The zero-order valence-electron chi connectivity index (χ0n) is 29.8. The molecule has 0 amide bonds. The molecule has 10 atom stereocenters. The highest BCUT2D eigenvalue weighted by Gasteiger charge is 2.87. The molecule has 1 saturated heterocycles. The molecule has 0 aromatic carbocycles. The summed E-state index contributed by atoms with van der Waals surface area (Å²) in [5, 5.41) is 0. The van der Waals surface area contributed by atoms with Crippen LogP contribution in [0.1, 0.15) is 32.6 Å². The minimum Gasteiger partial charge on any atom is -0.469 e. The van der Waals surface area contributed by atoms with Gasteiger partial charge in [-0.05, 0) is 116 Å². The lowest BCUT2D eigenvalue weighted by Crippen LogP contribution is -2.64. The van der Waals surface area contributed by atoms with Crippen molar-refractivity contribution in [3.8, 4) is 0 Å². The molecule has 5 aliphatic rings. The number of rotatable bonds is 9. The molecule has 1 spiro atoms. The quantitative estimate of drug-likeness (QED) is 0.151. The van der Waals surface area contributed by atoms with Crippen molar-refractivity contribution in [2.45, 2.75) is 141 Å². The summed E-state index contributed by atoms with van der Waals surface area (Å²) in [5.41, 5.74) is -2.19. The van der Waals surface area contributed by atoms with E-state index >= 15 is 0 Å². The van der Waals surface area contributed by atoms with Crippen LogP contribution in [0.2, 0.25) is 78.6 Å². The minimum absolute atomic E-state index is 0.130. The fraction of sp³-hybridized carbons (Fsp3) is 0.875. The topological polar surface area (TPSA) is 89.5 Å². The zero-order valence-corrected chi connectivity index (χ0v) is 33.8. The lowest BCUT2D eigenvalue weighted by Gasteiger charge is -2.54. The fourth-order valence-electron chi connectivity index (χ4n) is 10.1. The van der Waals surface area contributed by atoms with Crippen molar-refractivity contribution in [2.24, 2.45) is 28.6 Å². The Kier molecular flexibility index (Phi) is 8.04. The van der Waals surface area contributed by atoms with Crippen LogP contribution in [0, 0.1) is 28.6 Å². The van der Waals surface area contributed by atoms with Crippen LogP contribution in [0.5, 0.6) is 0 Å². The Morgan fingerprint density at radius 2 is 1.45 bits per heavy atom. The van der Waals surface area contributed by atoms with Crippen molar-refractivity contribution in [3.63, 3.8) is 0 Å². The van der Waals surface area contributed by atoms with Crippen LogP contribution in [0.15, 0.2) is 12.2 Å². The van der Waals surface area contributed by atoms with Crippen molar-refractivity contribution in [2.75, 3.05) is 7.11 Å². The molecule has 4 unspecified atom stereocenters. The van der Waals surface area contributed by atoms with Crippen LogP contribution in [0.4, 0.5) is 0 Å². The lowest BCUT2D eigenvalue weighted by molar-refractivity contribution is -0.170. The minimum atomic E-state index is -2.16. The van der Waals surface area contributed by atoms with Gasteiger partial charge < -0.3 is 27.2 Å². The predicted octanol–water partition coefficient (Wildman–Crippen LogP) is 6.72. The van der Waals surface area contributed by atoms with Crippen molar-refractivity contribution in [1.82, 2.24) is 0 Å². The number of carbonyl (C=O) groups is 2. The molecule has 8 nitrogen and oxygen atoms in total. The van der Waals surface area contributed by atoms with E-state index in [0.29, 0.717) is 25.7 Å². The highest BCUT2D eigenvalue weighted by Crippen LogP contribution is 2.79. The Hall–Kier alpha value is -0.612. The van der Waals surface area contributed by atoms with Crippen molar-refractivity contribution < 1.29 is 36.8 Å².